The van der Waals surface area contributed by atoms with Crippen molar-refractivity contribution in [2.45, 2.75) is 6.42 Å². The zero-order chi connectivity index (χ0) is 11.0. The fourth-order valence-corrected chi connectivity index (χ4v) is 1.84. The lowest BCUT2D eigenvalue weighted by molar-refractivity contribution is 0.174. The minimum absolute atomic E-state index is 0.293. The first kappa shape index (κ1) is 9.42. The third-order valence-electron chi connectivity index (χ3n) is 2.64. The lowest BCUT2D eigenvalue weighted by Gasteiger charge is -2.03. The molecule has 1 aromatic carbocycles. The van der Waals surface area contributed by atoms with Gasteiger partial charge in [0.2, 0.25) is 6.79 Å². The minimum atomic E-state index is 0.293. The maximum absolute atomic E-state index is 5.51. The predicted octanol–water partition coefficient (Wildman–Crippen LogP) is 1.46. The summed E-state index contributed by atoms with van der Waals surface area (Å²) in [6.45, 7) is 0.907. The molecule has 2 heterocycles. The molecule has 0 bridgehead atoms. The Kier molecular flexibility index (Phi) is 2.15. The van der Waals surface area contributed by atoms with Gasteiger partial charge in [-0.05, 0) is 18.7 Å². The van der Waals surface area contributed by atoms with E-state index in [0.717, 1.165) is 34.5 Å². The number of aromatic nitrogens is 1. The van der Waals surface area contributed by atoms with Crippen LogP contribution in [0, 0.1) is 0 Å². The molecule has 1 aromatic heterocycles. The van der Waals surface area contributed by atoms with Gasteiger partial charge < -0.3 is 15.2 Å². The third-order valence-corrected chi connectivity index (χ3v) is 2.64. The Labute approximate surface area is 93.0 Å². The molecule has 0 unspecified atom stereocenters. The van der Waals surface area contributed by atoms with E-state index < -0.39 is 0 Å². The van der Waals surface area contributed by atoms with E-state index in [2.05, 4.69) is 4.98 Å². The number of fused-ring (bicyclic) bond motifs is 2. The molecule has 3 rings (SSSR count). The highest BCUT2D eigenvalue weighted by molar-refractivity contribution is 5.83. The third kappa shape index (κ3) is 1.47. The quantitative estimate of drug-likeness (QED) is 0.825. The summed E-state index contributed by atoms with van der Waals surface area (Å²) in [5.41, 5.74) is 7.44. The molecule has 0 atom stereocenters. The number of pyridine rings is 1. The number of nitrogens with zero attached hydrogens (tertiary/aromatic N) is 1. The second kappa shape index (κ2) is 3.64. The van der Waals surface area contributed by atoms with Crippen LogP contribution in [0.25, 0.3) is 10.9 Å². The van der Waals surface area contributed by atoms with E-state index >= 15 is 0 Å². The molecule has 2 N–H and O–H groups in total. The first-order chi connectivity index (χ1) is 7.86. The molecular formula is C12H12N2O2. The van der Waals surface area contributed by atoms with Gasteiger partial charge in [-0.2, -0.15) is 0 Å². The SMILES string of the molecule is NCCc1ccc2cc3c(cc2n1)OCO3. The molecule has 0 saturated carbocycles. The van der Waals surface area contributed by atoms with Crippen molar-refractivity contribution in [1.29, 1.82) is 0 Å². The molecule has 2 aromatic rings. The standard InChI is InChI=1S/C12H12N2O2/c13-4-3-9-2-1-8-5-11-12(16-7-15-11)6-10(8)14-9/h1-2,5-6H,3-4,7,13H2. The Bertz CT molecular complexity index is 540. The number of rotatable bonds is 2. The molecule has 1 aliphatic rings. The van der Waals surface area contributed by atoms with E-state index in [9.17, 15) is 0 Å². The van der Waals surface area contributed by atoms with Gasteiger partial charge in [0.05, 0.1) is 5.52 Å². The molecule has 0 aliphatic carbocycles. The summed E-state index contributed by atoms with van der Waals surface area (Å²) in [7, 11) is 0. The molecule has 0 fully saturated rings. The van der Waals surface area contributed by atoms with Crippen LogP contribution in [-0.4, -0.2) is 18.3 Å². The highest BCUT2D eigenvalue weighted by Gasteiger charge is 2.14. The van der Waals surface area contributed by atoms with Gasteiger partial charge in [0.25, 0.3) is 0 Å². The zero-order valence-corrected chi connectivity index (χ0v) is 8.77. The van der Waals surface area contributed by atoms with Gasteiger partial charge in [-0.25, -0.2) is 0 Å². The van der Waals surface area contributed by atoms with E-state index in [1.165, 1.54) is 0 Å². The summed E-state index contributed by atoms with van der Waals surface area (Å²) in [6, 6.07) is 7.90. The van der Waals surface area contributed by atoms with Crippen molar-refractivity contribution in [2.24, 2.45) is 5.73 Å². The molecule has 0 amide bonds. The zero-order valence-electron chi connectivity index (χ0n) is 8.77. The summed E-state index contributed by atoms with van der Waals surface area (Å²) in [6.07, 6.45) is 0.796. The van der Waals surface area contributed by atoms with E-state index in [-0.39, 0.29) is 0 Å². The average molecular weight is 216 g/mol. The molecule has 0 saturated heterocycles. The van der Waals surface area contributed by atoms with Crippen LogP contribution in [-0.2, 0) is 6.42 Å². The van der Waals surface area contributed by atoms with E-state index in [1.54, 1.807) is 0 Å². The van der Waals surface area contributed by atoms with Gasteiger partial charge in [-0.1, -0.05) is 6.07 Å². The molecule has 0 spiro atoms. The van der Waals surface area contributed by atoms with E-state index in [0.29, 0.717) is 13.3 Å². The van der Waals surface area contributed by atoms with Crippen LogP contribution in [0.4, 0.5) is 0 Å². The summed E-state index contributed by atoms with van der Waals surface area (Å²) < 4.78 is 10.6. The topological polar surface area (TPSA) is 57.4 Å². The molecule has 82 valence electrons. The Hall–Kier alpha value is -1.81. The van der Waals surface area contributed by atoms with Gasteiger partial charge >= 0.3 is 0 Å². The second-order valence-electron chi connectivity index (χ2n) is 3.74. The van der Waals surface area contributed by atoms with Gasteiger partial charge in [-0.3, -0.25) is 4.98 Å². The number of nitrogens with two attached hydrogens (primary N) is 1. The summed E-state index contributed by atoms with van der Waals surface area (Å²) in [4.78, 5) is 4.53. The summed E-state index contributed by atoms with van der Waals surface area (Å²) in [5.74, 6) is 1.56. The van der Waals surface area contributed by atoms with Gasteiger partial charge in [0.1, 0.15) is 0 Å². The van der Waals surface area contributed by atoms with Crippen molar-refractivity contribution < 1.29 is 9.47 Å². The van der Waals surface area contributed by atoms with Crippen LogP contribution < -0.4 is 15.2 Å². The van der Waals surface area contributed by atoms with Crippen molar-refractivity contribution in [3.05, 3.63) is 30.0 Å². The fourth-order valence-electron chi connectivity index (χ4n) is 1.84. The van der Waals surface area contributed by atoms with Crippen molar-refractivity contribution >= 4 is 10.9 Å². The smallest absolute Gasteiger partial charge is 0.231 e. The van der Waals surface area contributed by atoms with Crippen LogP contribution in [0.15, 0.2) is 24.3 Å². The summed E-state index contributed by atoms with van der Waals surface area (Å²) in [5, 5.41) is 1.06. The summed E-state index contributed by atoms with van der Waals surface area (Å²) >= 11 is 0. The Morgan fingerprint density at radius 1 is 1.19 bits per heavy atom. The lowest BCUT2D eigenvalue weighted by Crippen LogP contribution is -2.04. The Balaban J connectivity index is 2.13. The van der Waals surface area contributed by atoms with Crippen LogP contribution in [0.1, 0.15) is 5.69 Å². The number of benzene rings is 1. The van der Waals surface area contributed by atoms with E-state index in [1.807, 2.05) is 24.3 Å². The largest absolute Gasteiger partial charge is 0.454 e. The van der Waals surface area contributed by atoms with Crippen molar-refractivity contribution in [3.63, 3.8) is 0 Å². The van der Waals surface area contributed by atoms with Crippen molar-refractivity contribution in [1.82, 2.24) is 4.98 Å². The average Bonchev–Trinajstić information content (AvgIpc) is 2.73. The number of ether oxygens (including phenoxy) is 2. The van der Waals surface area contributed by atoms with Crippen LogP contribution in [0.2, 0.25) is 0 Å². The van der Waals surface area contributed by atoms with Gasteiger partial charge in [0, 0.05) is 23.6 Å². The highest BCUT2D eigenvalue weighted by atomic mass is 16.7. The van der Waals surface area contributed by atoms with Gasteiger partial charge in [-0.15, -0.1) is 0 Å². The fraction of sp³-hybridized carbons (Fsp3) is 0.250. The molecular weight excluding hydrogens is 204 g/mol. The van der Waals surface area contributed by atoms with Gasteiger partial charge in [0.15, 0.2) is 11.5 Å². The maximum atomic E-state index is 5.51. The predicted molar refractivity (Wildman–Crippen MR) is 60.6 cm³/mol. The molecule has 16 heavy (non-hydrogen) atoms. The van der Waals surface area contributed by atoms with E-state index in [4.69, 9.17) is 15.2 Å². The minimum Gasteiger partial charge on any atom is -0.454 e. The van der Waals surface area contributed by atoms with Crippen molar-refractivity contribution in [3.8, 4) is 11.5 Å². The monoisotopic (exact) mass is 216 g/mol. The Morgan fingerprint density at radius 2 is 2.00 bits per heavy atom. The highest BCUT2D eigenvalue weighted by Crippen LogP contribution is 2.35. The van der Waals surface area contributed by atoms with Crippen LogP contribution >= 0.6 is 0 Å². The Morgan fingerprint density at radius 3 is 2.81 bits per heavy atom. The number of hydrogen-bond donors (Lipinski definition) is 1. The first-order valence-corrected chi connectivity index (χ1v) is 5.26. The number of hydrogen-bond acceptors (Lipinski definition) is 4. The second-order valence-corrected chi connectivity index (χ2v) is 3.74. The molecule has 4 heteroatoms. The van der Waals surface area contributed by atoms with Crippen molar-refractivity contribution in [2.75, 3.05) is 13.3 Å². The molecule has 0 radical (unpaired) electrons. The maximum Gasteiger partial charge on any atom is 0.231 e. The lowest BCUT2D eigenvalue weighted by atomic mass is 10.1. The van der Waals surface area contributed by atoms with Crippen LogP contribution in [0.5, 0.6) is 11.5 Å². The van der Waals surface area contributed by atoms with Crippen LogP contribution in [0.3, 0.4) is 0 Å². The normalized spacial score (nSPS) is 13.3. The molecule has 4 nitrogen and oxygen atoms in total. The molecule has 1 aliphatic heterocycles. The first-order valence-electron chi connectivity index (χ1n) is 5.26.